The van der Waals surface area contributed by atoms with Crippen LogP contribution in [0.5, 0.6) is 0 Å². The lowest BCUT2D eigenvalue weighted by Crippen LogP contribution is -2.23. The van der Waals surface area contributed by atoms with Crippen molar-refractivity contribution in [1.82, 2.24) is 9.88 Å². The van der Waals surface area contributed by atoms with Crippen LogP contribution in [-0.2, 0) is 16.6 Å². The third kappa shape index (κ3) is 2.55. The summed E-state index contributed by atoms with van der Waals surface area (Å²) in [6.45, 7) is 3.70. The van der Waals surface area contributed by atoms with Gasteiger partial charge in [0.05, 0.1) is 0 Å². The molecule has 0 aliphatic carbocycles. The summed E-state index contributed by atoms with van der Waals surface area (Å²) < 4.78 is 31.3. The Balaban J connectivity index is 2.18. The van der Waals surface area contributed by atoms with Gasteiger partial charge in [-0.3, -0.25) is 0 Å². The van der Waals surface area contributed by atoms with E-state index in [1.165, 1.54) is 18.3 Å². The Bertz CT molecular complexity index is 638. The average Bonchev–Trinajstić information content (AvgIpc) is 2.83. The summed E-state index contributed by atoms with van der Waals surface area (Å²) in [6, 6.07) is 3.82. The smallest absolute Gasteiger partial charge is 0.248 e. The standard InChI is InChI=1S/C10H13N3O3S2/c1-6-3-4-8(17-6)5-12-18(14,15)9-7(2)16-13-10(9)11/h3-4,12H,5H2,1-2H3,(H2,11,13). The Morgan fingerprint density at radius 1 is 1.44 bits per heavy atom. The number of rotatable bonds is 4. The molecule has 3 N–H and O–H groups in total. The minimum Gasteiger partial charge on any atom is -0.380 e. The highest BCUT2D eigenvalue weighted by atomic mass is 32.2. The fourth-order valence-corrected chi connectivity index (χ4v) is 3.67. The molecule has 0 saturated carbocycles. The second kappa shape index (κ2) is 4.71. The zero-order chi connectivity index (χ0) is 13.3. The molecule has 2 heterocycles. The van der Waals surface area contributed by atoms with Crippen LogP contribution in [0.2, 0.25) is 0 Å². The summed E-state index contributed by atoms with van der Waals surface area (Å²) in [6.07, 6.45) is 0. The number of hydrogen-bond acceptors (Lipinski definition) is 6. The first-order valence-corrected chi connectivity index (χ1v) is 7.47. The summed E-state index contributed by atoms with van der Waals surface area (Å²) in [7, 11) is -3.69. The summed E-state index contributed by atoms with van der Waals surface area (Å²) in [5.41, 5.74) is 5.48. The molecule has 0 radical (unpaired) electrons. The van der Waals surface area contributed by atoms with Gasteiger partial charge in [0.1, 0.15) is 0 Å². The molecular weight excluding hydrogens is 274 g/mol. The van der Waals surface area contributed by atoms with Crippen LogP contribution in [-0.4, -0.2) is 13.6 Å². The van der Waals surface area contributed by atoms with E-state index in [0.29, 0.717) is 0 Å². The lowest BCUT2D eigenvalue weighted by atomic mass is 10.4. The predicted molar refractivity (Wildman–Crippen MR) is 68.7 cm³/mol. The number of hydrogen-bond donors (Lipinski definition) is 2. The van der Waals surface area contributed by atoms with E-state index in [1.807, 2.05) is 19.1 Å². The minimum atomic E-state index is -3.69. The Hall–Kier alpha value is -1.38. The molecule has 0 bridgehead atoms. The number of aromatic nitrogens is 1. The van der Waals surface area contributed by atoms with E-state index in [4.69, 9.17) is 10.3 Å². The highest BCUT2D eigenvalue weighted by molar-refractivity contribution is 7.89. The summed E-state index contributed by atoms with van der Waals surface area (Å²) in [4.78, 5) is 1.98. The number of sulfonamides is 1. The summed E-state index contributed by atoms with van der Waals surface area (Å²) >= 11 is 1.54. The van der Waals surface area contributed by atoms with Gasteiger partial charge in [0.25, 0.3) is 0 Å². The number of thiophene rings is 1. The third-order valence-corrected chi connectivity index (χ3v) is 4.89. The van der Waals surface area contributed by atoms with Crippen molar-refractivity contribution in [2.75, 3.05) is 5.73 Å². The van der Waals surface area contributed by atoms with Crippen LogP contribution in [0, 0.1) is 13.8 Å². The molecule has 0 unspecified atom stereocenters. The van der Waals surface area contributed by atoms with Gasteiger partial charge >= 0.3 is 0 Å². The number of nitrogens with one attached hydrogen (secondary N) is 1. The van der Waals surface area contributed by atoms with E-state index in [0.717, 1.165) is 9.75 Å². The summed E-state index contributed by atoms with van der Waals surface area (Å²) in [5.74, 6) is 0.0599. The van der Waals surface area contributed by atoms with Crippen LogP contribution in [0.1, 0.15) is 15.5 Å². The largest absolute Gasteiger partial charge is 0.380 e. The van der Waals surface area contributed by atoms with E-state index in [1.54, 1.807) is 0 Å². The zero-order valence-electron chi connectivity index (χ0n) is 9.93. The number of aryl methyl sites for hydroxylation is 2. The molecule has 0 aliphatic rings. The van der Waals surface area contributed by atoms with Gasteiger partial charge in [0, 0.05) is 16.3 Å². The van der Waals surface area contributed by atoms with Crippen molar-refractivity contribution < 1.29 is 12.9 Å². The van der Waals surface area contributed by atoms with Gasteiger partial charge in [0.15, 0.2) is 16.5 Å². The molecule has 6 nitrogen and oxygen atoms in total. The van der Waals surface area contributed by atoms with Crippen molar-refractivity contribution in [1.29, 1.82) is 0 Å². The number of nitrogens with two attached hydrogens (primary N) is 1. The second-order valence-electron chi connectivity index (χ2n) is 3.79. The molecule has 0 spiro atoms. The fourth-order valence-electron chi connectivity index (χ4n) is 1.53. The average molecular weight is 287 g/mol. The predicted octanol–water partition coefficient (Wildman–Crippen LogP) is 1.41. The maximum absolute atomic E-state index is 12.0. The van der Waals surface area contributed by atoms with E-state index < -0.39 is 10.0 Å². The molecule has 0 aliphatic heterocycles. The van der Waals surface area contributed by atoms with E-state index in [2.05, 4.69) is 9.88 Å². The van der Waals surface area contributed by atoms with Gasteiger partial charge in [-0.1, -0.05) is 5.16 Å². The zero-order valence-corrected chi connectivity index (χ0v) is 11.6. The molecule has 0 fully saturated rings. The molecule has 0 amide bonds. The topological polar surface area (TPSA) is 98.2 Å². The van der Waals surface area contributed by atoms with Crippen molar-refractivity contribution in [3.63, 3.8) is 0 Å². The van der Waals surface area contributed by atoms with Gasteiger partial charge < -0.3 is 10.3 Å². The van der Waals surface area contributed by atoms with Crippen LogP contribution >= 0.6 is 11.3 Å². The molecule has 18 heavy (non-hydrogen) atoms. The lowest BCUT2D eigenvalue weighted by molar-refractivity contribution is 0.396. The Morgan fingerprint density at radius 2 is 2.17 bits per heavy atom. The van der Waals surface area contributed by atoms with Crippen LogP contribution in [0.15, 0.2) is 21.6 Å². The van der Waals surface area contributed by atoms with Gasteiger partial charge in [-0.2, -0.15) is 0 Å². The van der Waals surface area contributed by atoms with Gasteiger partial charge in [0.2, 0.25) is 10.0 Å². The highest BCUT2D eigenvalue weighted by Gasteiger charge is 2.24. The first-order chi connectivity index (χ1) is 8.40. The molecule has 0 aromatic carbocycles. The minimum absolute atomic E-state index is 0.0872. The van der Waals surface area contributed by atoms with Crippen LogP contribution in [0.4, 0.5) is 5.82 Å². The molecule has 2 rings (SSSR count). The van der Waals surface area contributed by atoms with E-state index in [-0.39, 0.29) is 23.0 Å². The Morgan fingerprint density at radius 3 is 2.67 bits per heavy atom. The Labute approximate surface area is 109 Å². The van der Waals surface area contributed by atoms with Crippen molar-refractivity contribution in [3.8, 4) is 0 Å². The Kier molecular flexibility index (Phi) is 3.42. The molecule has 2 aromatic heterocycles. The monoisotopic (exact) mass is 287 g/mol. The maximum atomic E-state index is 12.0. The van der Waals surface area contributed by atoms with Crippen molar-refractivity contribution >= 4 is 27.2 Å². The fraction of sp³-hybridized carbons (Fsp3) is 0.300. The maximum Gasteiger partial charge on any atom is 0.248 e. The highest BCUT2D eigenvalue weighted by Crippen LogP contribution is 2.22. The molecule has 0 saturated heterocycles. The van der Waals surface area contributed by atoms with Gasteiger partial charge in [-0.25, -0.2) is 13.1 Å². The second-order valence-corrected chi connectivity index (χ2v) is 6.87. The first-order valence-electron chi connectivity index (χ1n) is 5.17. The number of nitrogens with zero attached hydrogens (tertiary/aromatic N) is 1. The van der Waals surface area contributed by atoms with Crippen molar-refractivity contribution in [2.24, 2.45) is 0 Å². The van der Waals surface area contributed by atoms with Crippen molar-refractivity contribution in [3.05, 3.63) is 27.6 Å². The molecular formula is C10H13N3O3S2. The lowest BCUT2D eigenvalue weighted by Gasteiger charge is -2.04. The van der Waals surface area contributed by atoms with Crippen molar-refractivity contribution in [2.45, 2.75) is 25.3 Å². The van der Waals surface area contributed by atoms with Crippen LogP contribution in [0.3, 0.4) is 0 Å². The number of anilines is 1. The van der Waals surface area contributed by atoms with E-state index in [9.17, 15) is 8.42 Å². The van der Waals surface area contributed by atoms with Crippen LogP contribution < -0.4 is 10.5 Å². The normalized spacial score (nSPS) is 11.9. The molecule has 0 atom stereocenters. The van der Waals surface area contributed by atoms with Gasteiger partial charge in [-0.05, 0) is 26.0 Å². The molecule has 2 aromatic rings. The number of nitrogen functional groups attached to an aromatic ring is 1. The summed E-state index contributed by atoms with van der Waals surface area (Å²) in [5, 5.41) is 3.43. The first kappa shape index (κ1) is 13.1. The molecule has 8 heteroatoms. The quantitative estimate of drug-likeness (QED) is 0.886. The van der Waals surface area contributed by atoms with E-state index >= 15 is 0 Å². The van der Waals surface area contributed by atoms with Gasteiger partial charge in [-0.15, -0.1) is 11.3 Å². The van der Waals surface area contributed by atoms with Crippen LogP contribution in [0.25, 0.3) is 0 Å². The third-order valence-electron chi connectivity index (χ3n) is 2.33. The molecule has 98 valence electrons. The SMILES string of the molecule is Cc1ccc(CNS(=O)(=O)c2c(N)noc2C)s1.